The van der Waals surface area contributed by atoms with Gasteiger partial charge in [0.25, 0.3) is 0 Å². The second-order valence-electron chi connectivity index (χ2n) is 5.86. The third-order valence-electron chi connectivity index (χ3n) is 2.99. The normalized spacial score (nSPS) is 12.3. The smallest absolute Gasteiger partial charge is 0.219 e. The van der Waals surface area contributed by atoms with E-state index in [0.29, 0.717) is 11.8 Å². The van der Waals surface area contributed by atoms with Crippen LogP contribution in [0.3, 0.4) is 0 Å². The van der Waals surface area contributed by atoms with Crippen molar-refractivity contribution < 1.29 is 4.57 Å². The summed E-state index contributed by atoms with van der Waals surface area (Å²) in [6, 6.07) is 10.0. The SMILES string of the molecule is CC(C)CCSP(=O)(SCCC(C)C)c1ccccc1. The fraction of sp³-hybridized carbons (Fsp3) is 0.625. The molecule has 0 unspecified atom stereocenters. The van der Waals surface area contributed by atoms with Gasteiger partial charge in [-0.1, -0.05) is 68.7 Å². The van der Waals surface area contributed by atoms with Crippen LogP contribution in [-0.4, -0.2) is 11.5 Å². The van der Waals surface area contributed by atoms with Gasteiger partial charge in [0.05, 0.1) is 0 Å². The molecule has 0 saturated carbocycles. The van der Waals surface area contributed by atoms with Gasteiger partial charge in [0.2, 0.25) is 5.55 Å². The first-order valence-electron chi connectivity index (χ1n) is 7.39. The van der Waals surface area contributed by atoms with Gasteiger partial charge in [-0.05, 0) is 36.8 Å². The van der Waals surface area contributed by atoms with Crippen LogP contribution in [0, 0.1) is 11.8 Å². The lowest BCUT2D eigenvalue weighted by Gasteiger charge is -2.18. The molecule has 0 aliphatic rings. The van der Waals surface area contributed by atoms with E-state index in [2.05, 4.69) is 27.7 Å². The Balaban J connectivity index is 2.70. The van der Waals surface area contributed by atoms with Crippen molar-refractivity contribution in [3.63, 3.8) is 0 Å². The fourth-order valence-corrected chi connectivity index (χ4v) is 10.1. The van der Waals surface area contributed by atoms with Crippen molar-refractivity contribution in [1.29, 1.82) is 0 Å². The predicted octanol–water partition coefficient (Wildman–Crippen LogP) is 6.06. The Bertz CT molecular complexity index is 400. The quantitative estimate of drug-likeness (QED) is 0.512. The molecule has 0 amide bonds. The van der Waals surface area contributed by atoms with Crippen molar-refractivity contribution in [2.24, 2.45) is 11.8 Å². The fourth-order valence-electron chi connectivity index (χ4n) is 1.61. The summed E-state index contributed by atoms with van der Waals surface area (Å²) in [6.07, 6.45) is 2.26. The zero-order valence-electron chi connectivity index (χ0n) is 13.0. The molecule has 0 atom stereocenters. The Kier molecular flexibility index (Phi) is 8.39. The van der Waals surface area contributed by atoms with E-state index in [0.717, 1.165) is 29.7 Å². The van der Waals surface area contributed by atoms with Gasteiger partial charge in [-0.15, -0.1) is 0 Å². The summed E-state index contributed by atoms with van der Waals surface area (Å²) in [6.45, 7) is 8.89. The molecular weight excluding hydrogens is 303 g/mol. The van der Waals surface area contributed by atoms with E-state index < -0.39 is 5.55 Å². The first kappa shape index (κ1) is 18.2. The number of rotatable bonds is 9. The third kappa shape index (κ3) is 6.74. The van der Waals surface area contributed by atoms with Gasteiger partial charge >= 0.3 is 0 Å². The summed E-state index contributed by atoms with van der Waals surface area (Å²) in [4.78, 5) is 0. The van der Waals surface area contributed by atoms with Gasteiger partial charge in [-0.2, -0.15) is 0 Å². The maximum absolute atomic E-state index is 13.3. The number of hydrogen-bond acceptors (Lipinski definition) is 3. The largest absolute Gasteiger partial charge is 0.295 e. The van der Waals surface area contributed by atoms with E-state index in [4.69, 9.17) is 0 Å². The second-order valence-corrected chi connectivity index (χ2v) is 14.0. The molecule has 4 heteroatoms. The minimum Gasteiger partial charge on any atom is -0.295 e. The Labute approximate surface area is 132 Å². The van der Waals surface area contributed by atoms with Crippen LogP contribution in [0.4, 0.5) is 0 Å². The van der Waals surface area contributed by atoms with Crippen molar-refractivity contribution in [1.82, 2.24) is 0 Å². The molecule has 1 rings (SSSR count). The van der Waals surface area contributed by atoms with Crippen LogP contribution >= 0.6 is 28.3 Å². The molecule has 1 aromatic rings. The van der Waals surface area contributed by atoms with Gasteiger partial charge in [-0.25, -0.2) is 0 Å². The lowest BCUT2D eigenvalue weighted by Crippen LogP contribution is -2.01. The predicted molar refractivity (Wildman–Crippen MR) is 97.5 cm³/mol. The molecule has 0 N–H and O–H groups in total. The van der Waals surface area contributed by atoms with Crippen LogP contribution in [-0.2, 0) is 4.57 Å². The molecule has 0 heterocycles. The highest BCUT2D eigenvalue weighted by atomic mass is 33.1. The van der Waals surface area contributed by atoms with Gasteiger partial charge < -0.3 is 0 Å². The van der Waals surface area contributed by atoms with E-state index >= 15 is 0 Å². The molecule has 0 aromatic heterocycles. The summed E-state index contributed by atoms with van der Waals surface area (Å²) < 4.78 is 13.3. The van der Waals surface area contributed by atoms with E-state index in [-0.39, 0.29) is 0 Å². The van der Waals surface area contributed by atoms with Gasteiger partial charge in [0, 0.05) is 16.8 Å². The molecule has 0 spiro atoms. The summed E-state index contributed by atoms with van der Waals surface area (Å²) >= 11 is 3.35. The van der Waals surface area contributed by atoms with Crippen molar-refractivity contribution in [3.8, 4) is 0 Å². The Morgan fingerprint density at radius 2 is 1.35 bits per heavy atom. The lowest BCUT2D eigenvalue weighted by molar-refractivity contribution is 0.597. The molecule has 1 nitrogen and oxygen atoms in total. The number of hydrogen-bond donors (Lipinski definition) is 0. The maximum Gasteiger partial charge on any atom is 0.219 e. The van der Waals surface area contributed by atoms with E-state index in [1.807, 2.05) is 30.3 Å². The summed E-state index contributed by atoms with van der Waals surface area (Å²) in [7, 11) is 0. The highest BCUT2D eigenvalue weighted by Gasteiger charge is 2.25. The summed E-state index contributed by atoms with van der Waals surface area (Å²) in [5.74, 6) is 3.32. The maximum atomic E-state index is 13.3. The molecule has 1 aromatic carbocycles. The van der Waals surface area contributed by atoms with Crippen LogP contribution in [0.5, 0.6) is 0 Å². The minimum absolute atomic E-state index is 0.674. The highest BCUT2D eigenvalue weighted by molar-refractivity contribution is 8.92. The average Bonchev–Trinajstić information content (AvgIpc) is 2.39. The Morgan fingerprint density at radius 1 is 0.900 bits per heavy atom. The van der Waals surface area contributed by atoms with Gasteiger partial charge in [-0.3, -0.25) is 4.57 Å². The van der Waals surface area contributed by atoms with E-state index in [9.17, 15) is 4.57 Å². The van der Waals surface area contributed by atoms with Crippen molar-refractivity contribution in [3.05, 3.63) is 30.3 Å². The molecule has 0 aliphatic heterocycles. The second kappa shape index (κ2) is 9.23. The summed E-state index contributed by atoms with van der Waals surface area (Å²) in [5.41, 5.74) is -2.35. The molecule has 0 fully saturated rings. The van der Waals surface area contributed by atoms with Crippen molar-refractivity contribution >= 4 is 33.6 Å². The first-order chi connectivity index (χ1) is 9.44. The Morgan fingerprint density at radius 3 is 1.75 bits per heavy atom. The van der Waals surface area contributed by atoms with E-state index in [1.54, 1.807) is 22.8 Å². The van der Waals surface area contributed by atoms with Crippen LogP contribution in [0.15, 0.2) is 30.3 Å². The molecule has 114 valence electrons. The van der Waals surface area contributed by atoms with Crippen LogP contribution in [0.2, 0.25) is 0 Å². The lowest BCUT2D eigenvalue weighted by atomic mass is 10.2. The first-order valence-corrected chi connectivity index (χ1v) is 12.3. The van der Waals surface area contributed by atoms with Crippen LogP contribution in [0.25, 0.3) is 0 Å². The van der Waals surface area contributed by atoms with Crippen molar-refractivity contribution in [2.45, 2.75) is 40.5 Å². The molecule has 20 heavy (non-hydrogen) atoms. The minimum atomic E-state index is -2.35. The van der Waals surface area contributed by atoms with Crippen LogP contribution in [0.1, 0.15) is 40.5 Å². The molecular formula is C16H27OPS2. The van der Waals surface area contributed by atoms with E-state index in [1.165, 1.54) is 0 Å². The van der Waals surface area contributed by atoms with Crippen molar-refractivity contribution in [2.75, 3.05) is 11.5 Å². The molecule has 0 saturated heterocycles. The average molecular weight is 330 g/mol. The van der Waals surface area contributed by atoms with Crippen LogP contribution < -0.4 is 5.30 Å². The molecule has 0 aliphatic carbocycles. The number of benzene rings is 1. The molecule has 0 radical (unpaired) electrons. The van der Waals surface area contributed by atoms with Gasteiger partial charge in [0.15, 0.2) is 0 Å². The molecule has 0 bridgehead atoms. The Hall–Kier alpha value is 0.150. The standard InChI is InChI=1S/C16H27OPS2/c1-14(2)10-12-19-18(17,20-13-11-15(3)4)16-8-6-5-7-9-16/h5-9,14-15H,10-13H2,1-4H3. The monoisotopic (exact) mass is 330 g/mol. The summed E-state index contributed by atoms with van der Waals surface area (Å²) in [5, 5.41) is 1.02. The zero-order chi connectivity index (χ0) is 15.0. The topological polar surface area (TPSA) is 17.1 Å². The highest BCUT2D eigenvalue weighted by Crippen LogP contribution is 2.68. The zero-order valence-corrected chi connectivity index (χ0v) is 15.6. The third-order valence-corrected chi connectivity index (χ3v) is 11.7. The van der Waals surface area contributed by atoms with Gasteiger partial charge in [0.1, 0.15) is 0 Å².